The smallest absolute Gasteiger partial charge is 0.384 e. The van der Waals surface area contributed by atoms with E-state index in [2.05, 4.69) is 15.0 Å². The van der Waals surface area contributed by atoms with Crippen LogP contribution in [-0.2, 0) is 11.2 Å². The predicted octanol–water partition coefficient (Wildman–Crippen LogP) is 4.49. The number of ketones is 1. The molecule has 2 N–H and O–H groups in total. The molecule has 0 bridgehead atoms. The second-order valence-corrected chi connectivity index (χ2v) is 7.12. The monoisotopic (exact) mass is 425 g/mol. The highest BCUT2D eigenvalue weighted by molar-refractivity contribution is 5.81. The average molecular weight is 425 g/mol. The van der Waals surface area contributed by atoms with E-state index in [9.17, 15) is 18.0 Å². The van der Waals surface area contributed by atoms with E-state index in [0.717, 1.165) is 16.8 Å². The van der Waals surface area contributed by atoms with E-state index in [-0.39, 0.29) is 6.42 Å². The number of nitrogens with two attached hydrogens (primary N) is 1. The predicted molar refractivity (Wildman–Crippen MR) is 110 cm³/mol. The van der Waals surface area contributed by atoms with Gasteiger partial charge in [0.1, 0.15) is 17.2 Å². The number of halogens is 3. The fourth-order valence-corrected chi connectivity index (χ4v) is 3.28. The number of aromatic nitrogens is 4. The van der Waals surface area contributed by atoms with Gasteiger partial charge in [0, 0.05) is 36.4 Å². The third-order valence-corrected chi connectivity index (χ3v) is 4.76. The molecular formula is C22H18F3N5O. The highest BCUT2D eigenvalue weighted by atomic mass is 19.4. The number of pyridine rings is 1. The Bertz CT molecular complexity index is 1250. The summed E-state index contributed by atoms with van der Waals surface area (Å²) < 4.78 is 38.9. The number of carbonyl (C=O) groups excluding carboxylic acids is 1. The number of hydrogen-bond donors (Lipinski definition) is 1. The highest BCUT2D eigenvalue weighted by Gasteiger charge is 2.27. The minimum absolute atomic E-state index is 0.0441. The van der Waals surface area contributed by atoms with Crippen LogP contribution in [0.15, 0.2) is 61.1 Å². The molecule has 0 atom stereocenters. The zero-order chi connectivity index (χ0) is 22.0. The average Bonchev–Trinajstić information content (AvgIpc) is 3.15. The van der Waals surface area contributed by atoms with E-state index in [1.807, 2.05) is 28.8 Å². The van der Waals surface area contributed by atoms with Crippen molar-refractivity contribution in [3.63, 3.8) is 0 Å². The van der Waals surface area contributed by atoms with Gasteiger partial charge in [-0.05, 0) is 29.8 Å². The number of carbonyl (C=O) groups is 1. The van der Waals surface area contributed by atoms with Crippen LogP contribution < -0.4 is 5.73 Å². The van der Waals surface area contributed by atoms with Gasteiger partial charge in [-0.3, -0.25) is 9.20 Å². The van der Waals surface area contributed by atoms with Crippen LogP contribution in [-0.4, -0.2) is 31.3 Å². The molecule has 0 unspecified atom stereocenters. The van der Waals surface area contributed by atoms with Crippen molar-refractivity contribution in [2.24, 2.45) is 0 Å². The summed E-state index contributed by atoms with van der Waals surface area (Å²) in [6, 6.07) is 12.5. The van der Waals surface area contributed by atoms with Crippen molar-refractivity contribution in [2.75, 3.05) is 5.73 Å². The molecule has 6 nitrogen and oxygen atoms in total. The summed E-state index contributed by atoms with van der Waals surface area (Å²) in [6.07, 6.45) is -0.873. The molecular weight excluding hydrogens is 407 g/mol. The van der Waals surface area contributed by atoms with E-state index >= 15 is 0 Å². The molecule has 31 heavy (non-hydrogen) atoms. The van der Waals surface area contributed by atoms with Gasteiger partial charge < -0.3 is 5.73 Å². The Morgan fingerprint density at radius 2 is 1.90 bits per heavy atom. The second kappa shape index (κ2) is 8.17. The van der Waals surface area contributed by atoms with Gasteiger partial charge in [-0.1, -0.05) is 18.2 Å². The van der Waals surface area contributed by atoms with Crippen LogP contribution in [0, 0.1) is 0 Å². The van der Waals surface area contributed by atoms with Gasteiger partial charge in [-0.25, -0.2) is 15.0 Å². The van der Waals surface area contributed by atoms with Gasteiger partial charge in [0.15, 0.2) is 5.82 Å². The number of hydrogen-bond acceptors (Lipinski definition) is 5. The maximum atomic E-state index is 12.3. The summed E-state index contributed by atoms with van der Waals surface area (Å²) in [7, 11) is 0. The quantitative estimate of drug-likeness (QED) is 0.492. The van der Waals surface area contributed by atoms with Crippen molar-refractivity contribution < 1.29 is 18.0 Å². The topological polar surface area (TPSA) is 86.2 Å². The van der Waals surface area contributed by atoms with Gasteiger partial charge >= 0.3 is 6.18 Å². The summed E-state index contributed by atoms with van der Waals surface area (Å²) >= 11 is 0. The minimum atomic E-state index is -4.33. The fourth-order valence-electron chi connectivity index (χ4n) is 3.28. The van der Waals surface area contributed by atoms with Crippen LogP contribution in [0.2, 0.25) is 0 Å². The SMILES string of the molecule is Nc1ccnc(-c2ccn3c(-c4cccc(CC(=O)CCC(F)(F)F)c4)cnc3c2)n1. The number of nitrogens with zero attached hydrogens (tertiary/aromatic N) is 4. The number of anilines is 1. The molecule has 158 valence electrons. The van der Waals surface area contributed by atoms with Crippen molar-refractivity contribution in [3.8, 4) is 22.6 Å². The first kappa shape index (κ1) is 20.5. The molecule has 9 heteroatoms. The first-order valence-corrected chi connectivity index (χ1v) is 9.52. The summed E-state index contributed by atoms with van der Waals surface area (Å²) in [5.41, 5.74) is 9.42. The Kier molecular flexibility index (Phi) is 5.41. The largest absolute Gasteiger partial charge is 0.389 e. The van der Waals surface area contributed by atoms with Gasteiger partial charge in [-0.15, -0.1) is 0 Å². The van der Waals surface area contributed by atoms with Gasteiger partial charge in [0.05, 0.1) is 18.3 Å². The molecule has 0 aliphatic heterocycles. The van der Waals surface area contributed by atoms with Crippen molar-refractivity contribution in [2.45, 2.75) is 25.4 Å². The van der Waals surface area contributed by atoms with Crippen molar-refractivity contribution in [3.05, 3.63) is 66.6 Å². The maximum absolute atomic E-state index is 12.3. The minimum Gasteiger partial charge on any atom is -0.384 e. The fraction of sp³-hybridized carbons (Fsp3) is 0.182. The van der Waals surface area contributed by atoms with E-state index in [4.69, 9.17) is 5.73 Å². The zero-order valence-corrected chi connectivity index (χ0v) is 16.3. The number of Topliss-reactive ketones (excluding diaryl/α,β-unsaturated/α-hetero) is 1. The number of alkyl halides is 3. The van der Waals surface area contributed by atoms with Gasteiger partial charge in [0.25, 0.3) is 0 Å². The molecule has 3 heterocycles. The number of nitrogen functional groups attached to an aromatic ring is 1. The van der Waals surface area contributed by atoms with Crippen LogP contribution in [0.25, 0.3) is 28.3 Å². The van der Waals surface area contributed by atoms with E-state index in [1.54, 1.807) is 36.7 Å². The molecule has 0 saturated carbocycles. The Labute approximate surface area is 175 Å². The molecule has 0 saturated heterocycles. The van der Waals surface area contributed by atoms with Crippen molar-refractivity contribution in [1.29, 1.82) is 0 Å². The van der Waals surface area contributed by atoms with Crippen LogP contribution >= 0.6 is 0 Å². The molecule has 0 radical (unpaired) electrons. The lowest BCUT2D eigenvalue weighted by Crippen LogP contribution is -2.12. The molecule has 3 aromatic heterocycles. The Morgan fingerprint density at radius 1 is 1.06 bits per heavy atom. The Morgan fingerprint density at radius 3 is 2.68 bits per heavy atom. The number of benzene rings is 1. The van der Waals surface area contributed by atoms with Crippen LogP contribution in [0.1, 0.15) is 18.4 Å². The standard InChI is InChI=1S/C22H18F3N5O/c23-22(24,25)7-4-17(31)11-14-2-1-3-15(10-14)18-13-28-20-12-16(6-9-30(18)20)21-27-8-5-19(26)29-21/h1-3,5-6,8-10,12-13H,4,7,11H2,(H2,26,27,29). The van der Waals surface area contributed by atoms with Crippen molar-refractivity contribution >= 4 is 17.2 Å². The lowest BCUT2D eigenvalue weighted by Gasteiger charge is -2.08. The summed E-state index contributed by atoms with van der Waals surface area (Å²) in [5, 5.41) is 0. The van der Waals surface area contributed by atoms with Gasteiger partial charge in [0.2, 0.25) is 0 Å². The third kappa shape index (κ3) is 4.88. The van der Waals surface area contributed by atoms with Crippen molar-refractivity contribution in [1.82, 2.24) is 19.4 Å². The first-order chi connectivity index (χ1) is 14.8. The molecule has 0 fully saturated rings. The lowest BCUT2D eigenvalue weighted by molar-refractivity contribution is -0.143. The van der Waals surface area contributed by atoms with Crippen LogP contribution in [0.4, 0.5) is 19.0 Å². The number of imidazole rings is 1. The number of rotatable bonds is 6. The van der Waals surface area contributed by atoms with Gasteiger partial charge in [-0.2, -0.15) is 13.2 Å². The summed E-state index contributed by atoms with van der Waals surface area (Å²) in [6.45, 7) is 0. The highest BCUT2D eigenvalue weighted by Crippen LogP contribution is 2.26. The first-order valence-electron chi connectivity index (χ1n) is 9.52. The molecule has 0 aliphatic carbocycles. The second-order valence-electron chi connectivity index (χ2n) is 7.12. The molecule has 0 spiro atoms. The zero-order valence-electron chi connectivity index (χ0n) is 16.3. The summed E-state index contributed by atoms with van der Waals surface area (Å²) in [5.74, 6) is 0.418. The molecule has 0 aliphatic rings. The maximum Gasteiger partial charge on any atom is 0.389 e. The van der Waals surface area contributed by atoms with E-state index < -0.39 is 24.8 Å². The van der Waals surface area contributed by atoms with E-state index in [1.165, 1.54) is 0 Å². The molecule has 4 rings (SSSR count). The normalized spacial score (nSPS) is 11.7. The van der Waals surface area contributed by atoms with Crippen LogP contribution in [0.5, 0.6) is 0 Å². The molecule has 1 aromatic carbocycles. The third-order valence-electron chi connectivity index (χ3n) is 4.76. The lowest BCUT2D eigenvalue weighted by atomic mass is 10.0. The molecule has 0 amide bonds. The Balaban J connectivity index is 1.58. The summed E-state index contributed by atoms with van der Waals surface area (Å²) in [4.78, 5) is 24.8. The van der Waals surface area contributed by atoms with E-state index in [0.29, 0.717) is 22.9 Å². The number of fused-ring (bicyclic) bond motifs is 1. The molecule has 4 aromatic rings. The Hall–Kier alpha value is -3.75. The van der Waals surface area contributed by atoms with Crippen LogP contribution in [0.3, 0.4) is 0 Å².